The second kappa shape index (κ2) is 3.13. The number of sulfonamides is 1. The molecule has 0 saturated heterocycles. The van der Waals surface area contributed by atoms with E-state index in [0.29, 0.717) is 0 Å². The third-order valence-electron chi connectivity index (χ3n) is 1.15. The van der Waals surface area contributed by atoms with Crippen LogP contribution in [0.5, 0.6) is 0 Å². The van der Waals surface area contributed by atoms with Crippen LogP contribution >= 0.6 is 0 Å². The monoisotopic (exact) mass is 191 g/mol. The van der Waals surface area contributed by atoms with Gasteiger partial charge in [-0.05, 0) is 6.07 Å². The Morgan fingerprint density at radius 2 is 2.17 bits per heavy atom. The number of nitrogens with one attached hydrogen (secondary N) is 1. The number of pyridine rings is 1. The van der Waals surface area contributed by atoms with Crippen molar-refractivity contribution in [1.29, 1.82) is 0 Å². The molecule has 0 radical (unpaired) electrons. The summed E-state index contributed by atoms with van der Waals surface area (Å²) in [5.41, 5.74) is 0. The maximum Gasteiger partial charge on any atom is 0.254 e. The van der Waals surface area contributed by atoms with Crippen LogP contribution in [-0.2, 0) is 10.0 Å². The number of nitrogens with zero attached hydrogens (tertiary/aromatic N) is 1. The molecular weight excluding hydrogens is 185 g/mol. The van der Waals surface area contributed by atoms with Crippen LogP contribution in [0.2, 0.25) is 0 Å². The molecule has 0 fully saturated rings. The molecule has 0 spiro atoms. The van der Waals surface area contributed by atoms with E-state index in [1.807, 2.05) is 0 Å². The SMILES string of the molecule is NNS(=O)(=O)c1cncc(F)c1. The zero-order valence-corrected chi connectivity index (χ0v) is 6.68. The van der Waals surface area contributed by atoms with E-state index in [9.17, 15) is 12.8 Å². The molecule has 0 aliphatic heterocycles. The van der Waals surface area contributed by atoms with E-state index in [-0.39, 0.29) is 4.90 Å². The number of aromatic nitrogens is 1. The van der Waals surface area contributed by atoms with Gasteiger partial charge in [-0.15, -0.1) is 4.83 Å². The fourth-order valence-electron chi connectivity index (χ4n) is 0.607. The van der Waals surface area contributed by atoms with Gasteiger partial charge in [0.15, 0.2) is 0 Å². The molecule has 0 saturated carbocycles. The zero-order chi connectivity index (χ0) is 9.19. The number of hydrogen-bond acceptors (Lipinski definition) is 4. The van der Waals surface area contributed by atoms with Gasteiger partial charge in [-0.1, -0.05) is 0 Å². The first-order chi connectivity index (χ1) is 5.56. The molecule has 0 bridgehead atoms. The molecule has 66 valence electrons. The average molecular weight is 191 g/mol. The third kappa shape index (κ3) is 1.76. The van der Waals surface area contributed by atoms with Crippen molar-refractivity contribution in [3.63, 3.8) is 0 Å². The predicted molar refractivity (Wildman–Crippen MR) is 38.7 cm³/mol. The summed E-state index contributed by atoms with van der Waals surface area (Å²) < 4.78 is 34.3. The highest BCUT2D eigenvalue weighted by Gasteiger charge is 2.12. The maximum absolute atomic E-state index is 12.4. The van der Waals surface area contributed by atoms with Crippen molar-refractivity contribution in [1.82, 2.24) is 9.82 Å². The van der Waals surface area contributed by atoms with Gasteiger partial charge >= 0.3 is 0 Å². The molecule has 1 rings (SSSR count). The van der Waals surface area contributed by atoms with Crippen molar-refractivity contribution < 1.29 is 12.8 Å². The summed E-state index contributed by atoms with van der Waals surface area (Å²) in [6.45, 7) is 0. The van der Waals surface area contributed by atoms with Gasteiger partial charge < -0.3 is 0 Å². The maximum atomic E-state index is 12.4. The van der Waals surface area contributed by atoms with Crippen LogP contribution in [0.4, 0.5) is 4.39 Å². The van der Waals surface area contributed by atoms with Crippen LogP contribution in [0, 0.1) is 5.82 Å². The highest BCUT2D eigenvalue weighted by Crippen LogP contribution is 2.06. The van der Waals surface area contributed by atoms with Gasteiger partial charge in [-0.3, -0.25) is 10.8 Å². The van der Waals surface area contributed by atoms with E-state index in [2.05, 4.69) is 4.98 Å². The molecule has 1 aromatic rings. The first-order valence-corrected chi connectivity index (χ1v) is 4.37. The highest BCUT2D eigenvalue weighted by molar-refractivity contribution is 7.89. The summed E-state index contributed by atoms with van der Waals surface area (Å²) in [6.07, 6.45) is 1.90. The summed E-state index contributed by atoms with van der Waals surface area (Å²) in [4.78, 5) is 4.60. The number of hydrazine groups is 1. The fraction of sp³-hybridized carbons (Fsp3) is 0. The molecule has 7 heteroatoms. The van der Waals surface area contributed by atoms with E-state index in [4.69, 9.17) is 5.84 Å². The Hall–Kier alpha value is -1.05. The van der Waals surface area contributed by atoms with Crippen molar-refractivity contribution in [2.45, 2.75) is 4.90 Å². The smallest absolute Gasteiger partial charge is 0.254 e. The minimum Gasteiger partial charge on any atom is -0.260 e. The van der Waals surface area contributed by atoms with Gasteiger partial charge in [-0.25, -0.2) is 12.8 Å². The third-order valence-corrected chi connectivity index (χ3v) is 2.30. The Kier molecular flexibility index (Phi) is 2.36. The van der Waals surface area contributed by atoms with E-state index < -0.39 is 15.8 Å². The molecule has 5 nitrogen and oxygen atoms in total. The van der Waals surface area contributed by atoms with E-state index in [1.165, 1.54) is 0 Å². The fourth-order valence-corrected chi connectivity index (χ4v) is 1.21. The Morgan fingerprint density at radius 3 is 2.67 bits per heavy atom. The zero-order valence-electron chi connectivity index (χ0n) is 5.86. The van der Waals surface area contributed by atoms with E-state index >= 15 is 0 Å². The van der Waals surface area contributed by atoms with Crippen LogP contribution in [0.15, 0.2) is 23.4 Å². The van der Waals surface area contributed by atoms with Crippen LogP contribution in [0.1, 0.15) is 0 Å². The molecule has 1 aromatic heterocycles. The number of rotatable bonds is 2. The van der Waals surface area contributed by atoms with Gasteiger partial charge in [0.25, 0.3) is 10.0 Å². The molecule has 0 amide bonds. The van der Waals surface area contributed by atoms with Gasteiger partial charge in [-0.2, -0.15) is 0 Å². The molecular formula is C5H6FN3O2S. The summed E-state index contributed by atoms with van der Waals surface area (Å²) in [7, 11) is -3.80. The lowest BCUT2D eigenvalue weighted by atomic mass is 10.5. The molecule has 0 unspecified atom stereocenters. The molecule has 3 N–H and O–H groups in total. The van der Waals surface area contributed by atoms with Crippen molar-refractivity contribution in [3.05, 3.63) is 24.3 Å². The normalized spacial score (nSPS) is 11.5. The summed E-state index contributed by atoms with van der Waals surface area (Å²) >= 11 is 0. The molecule has 0 aliphatic carbocycles. The quantitative estimate of drug-likeness (QED) is 0.481. The van der Waals surface area contributed by atoms with Gasteiger partial charge in [0.05, 0.1) is 6.20 Å². The van der Waals surface area contributed by atoms with Crippen molar-refractivity contribution in [2.75, 3.05) is 0 Å². The summed E-state index contributed by atoms with van der Waals surface area (Å²) in [5.74, 6) is 3.97. The number of nitrogens with two attached hydrogens (primary N) is 1. The molecule has 1 heterocycles. The minimum atomic E-state index is -3.80. The summed E-state index contributed by atoms with van der Waals surface area (Å²) in [6, 6.07) is 0.822. The van der Waals surface area contributed by atoms with E-state index in [1.54, 1.807) is 4.83 Å². The average Bonchev–Trinajstić information content (AvgIpc) is 2.05. The van der Waals surface area contributed by atoms with Crippen molar-refractivity contribution >= 4 is 10.0 Å². The number of hydrogen-bond donors (Lipinski definition) is 2. The van der Waals surface area contributed by atoms with E-state index in [0.717, 1.165) is 18.5 Å². The van der Waals surface area contributed by atoms with Crippen LogP contribution in [0.25, 0.3) is 0 Å². The predicted octanol–water partition coefficient (Wildman–Crippen LogP) is -0.627. The van der Waals surface area contributed by atoms with Crippen LogP contribution in [-0.4, -0.2) is 13.4 Å². The summed E-state index contributed by atoms with van der Waals surface area (Å²) in [5, 5.41) is 0. The first-order valence-electron chi connectivity index (χ1n) is 2.89. The molecule has 0 aliphatic rings. The van der Waals surface area contributed by atoms with Gasteiger partial charge in [0.1, 0.15) is 10.7 Å². The second-order valence-electron chi connectivity index (χ2n) is 1.96. The van der Waals surface area contributed by atoms with Crippen LogP contribution in [0.3, 0.4) is 0 Å². The Morgan fingerprint density at radius 1 is 1.50 bits per heavy atom. The second-order valence-corrected chi connectivity index (χ2v) is 3.67. The molecule has 0 aromatic carbocycles. The Bertz CT molecular complexity index is 378. The van der Waals surface area contributed by atoms with Crippen molar-refractivity contribution in [3.8, 4) is 0 Å². The van der Waals surface area contributed by atoms with Crippen molar-refractivity contribution in [2.24, 2.45) is 5.84 Å². The molecule has 0 atom stereocenters. The lowest BCUT2D eigenvalue weighted by Gasteiger charge is -1.99. The lowest BCUT2D eigenvalue weighted by molar-refractivity contribution is 0.578. The van der Waals surface area contributed by atoms with Gasteiger partial charge in [0.2, 0.25) is 0 Å². The van der Waals surface area contributed by atoms with Gasteiger partial charge in [0, 0.05) is 6.20 Å². The number of halogens is 1. The van der Waals surface area contributed by atoms with Crippen LogP contribution < -0.4 is 10.7 Å². The molecule has 12 heavy (non-hydrogen) atoms. The Balaban J connectivity index is 3.21. The first kappa shape index (κ1) is 9.04. The highest BCUT2D eigenvalue weighted by atomic mass is 32.2. The minimum absolute atomic E-state index is 0.301. The largest absolute Gasteiger partial charge is 0.260 e. The Labute approximate surface area is 68.4 Å². The lowest BCUT2D eigenvalue weighted by Crippen LogP contribution is -2.30. The standard InChI is InChI=1S/C5H6FN3O2S/c6-4-1-5(3-8-2-4)12(10,11)9-7/h1-3,9H,7H2. The topological polar surface area (TPSA) is 85.1 Å².